The van der Waals surface area contributed by atoms with E-state index in [4.69, 9.17) is 0 Å². The lowest BCUT2D eigenvalue weighted by Crippen LogP contribution is -1.33. The summed E-state index contributed by atoms with van der Waals surface area (Å²) in [6, 6.07) is 0. The van der Waals surface area contributed by atoms with Crippen molar-refractivity contribution in [3.63, 3.8) is 0 Å². The van der Waals surface area contributed by atoms with Gasteiger partial charge in [0.15, 0.2) is 0 Å². The Kier molecular flexibility index (Phi) is 130. The van der Waals surface area contributed by atoms with Crippen LogP contribution in [0.5, 0.6) is 0 Å². The standard InChI is InChI=1S/C2H5I.3ClH/c1-2-3;;;/h2H2,1H3;3*1H. The third-order valence-electron chi connectivity index (χ3n) is 0. The molecular formula is C2H8Cl3I. The second-order valence-corrected chi connectivity index (χ2v) is 1.79. The van der Waals surface area contributed by atoms with E-state index in [1.165, 1.54) is 4.43 Å². The largest absolute Gasteiger partial charge is 0.147 e. The van der Waals surface area contributed by atoms with E-state index in [1.54, 1.807) is 0 Å². The average molecular weight is 265 g/mol. The van der Waals surface area contributed by atoms with Crippen molar-refractivity contribution in [1.82, 2.24) is 0 Å². The van der Waals surface area contributed by atoms with Crippen LogP contribution in [0, 0.1) is 0 Å². The first-order valence-electron chi connectivity index (χ1n) is 0.974. The molecule has 0 aliphatic carbocycles. The van der Waals surface area contributed by atoms with Gasteiger partial charge in [0.2, 0.25) is 0 Å². The van der Waals surface area contributed by atoms with Crippen LogP contribution in [0.3, 0.4) is 0 Å². The van der Waals surface area contributed by atoms with E-state index in [9.17, 15) is 0 Å². The molecule has 0 saturated carbocycles. The van der Waals surface area contributed by atoms with E-state index in [-0.39, 0.29) is 37.2 Å². The Morgan fingerprint density at radius 1 is 1.17 bits per heavy atom. The Morgan fingerprint density at radius 3 is 1.17 bits per heavy atom. The molecule has 6 heavy (non-hydrogen) atoms. The first kappa shape index (κ1) is 25.5. The van der Waals surface area contributed by atoms with Crippen LogP contribution in [0.2, 0.25) is 0 Å². The smallest absolute Gasteiger partial charge is 0.00332 e. The van der Waals surface area contributed by atoms with Crippen LogP contribution in [0.4, 0.5) is 0 Å². The number of rotatable bonds is 0. The maximum atomic E-state index is 2.29. The Hall–Kier alpha value is 1.60. The van der Waals surface area contributed by atoms with E-state index in [1.807, 2.05) is 0 Å². The fraction of sp³-hybridized carbons (Fsp3) is 1.00. The first-order valence-corrected chi connectivity index (χ1v) is 2.50. The summed E-state index contributed by atoms with van der Waals surface area (Å²) in [6.45, 7) is 2.11. The minimum absolute atomic E-state index is 0. The lowest BCUT2D eigenvalue weighted by molar-refractivity contribution is 1.58. The lowest BCUT2D eigenvalue weighted by atomic mass is 11.0. The number of alkyl halides is 1. The van der Waals surface area contributed by atoms with Crippen LogP contribution >= 0.6 is 59.8 Å². The number of halogens is 4. The number of hydrogen-bond acceptors (Lipinski definition) is 0. The van der Waals surface area contributed by atoms with E-state index in [0.717, 1.165) is 0 Å². The highest BCUT2D eigenvalue weighted by atomic mass is 127. The molecule has 0 N–H and O–H groups in total. The van der Waals surface area contributed by atoms with E-state index >= 15 is 0 Å². The van der Waals surface area contributed by atoms with Crippen molar-refractivity contribution in [2.75, 3.05) is 4.43 Å². The van der Waals surface area contributed by atoms with Gasteiger partial charge in [-0.05, 0) is 4.43 Å². The van der Waals surface area contributed by atoms with Gasteiger partial charge in [0.1, 0.15) is 0 Å². The van der Waals surface area contributed by atoms with Crippen LogP contribution in [-0.2, 0) is 0 Å². The minimum atomic E-state index is 0. The van der Waals surface area contributed by atoms with Gasteiger partial charge in [-0.25, -0.2) is 0 Å². The Labute approximate surface area is 70.8 Å². The van der Waals surface area contributed by atoms with Gasteiger partial charge in [-0.15, -0.1) is 37.2 Å². The summed E-state index contributed by atoms with van der Waals surface area (Å²) in [5.41, 5.74) is 0. The van der Waals surface area contributed by atoms with Crippen LogP contribution in [0.1, 0.15) is 6.92 Å². The molecule has 0 radical (unpaired) electrons. The highest BCUT2D eigenvalue weighted by Crippen LogP contribution is 1.69. The molecule has 0 bridgehead atoms. The molecule has 0 aliphatic heterocycles. The summed E-state index contributed by atoms with van der Waals surface area (Å²) in [5, 5.41) is 0. The molecule has 0 heterocycles. The predicted octanol–water partition coefficient (Wildman–Crippen LogP) is 2.71. The molecule has 0 fully saturated rings. The van der Waals surface area contributed by atoms with Gasteiger partial charge >= 0.3 is 0 Å². The lowest BCUT2D eigenvalue weighted by Gasteiger charge is -1.45. The Balaban J connectivity index is -0.00000000667. The summed E-state index contributed by atoms with van der Waals surface area (Å²) in [6.07, 6.45) is 0. The van der Waals surface area contributed by atoms with Crippen molar-refractivity contribution in [3.05, 3.63) is 0 Å². The Morgan fingerprint density at radius 2 is 1.17 bits per heavy atom. The zero-order valence-corrected chi connectivity index (χ0v) is 7.92. The molecule has 44 valence electrons. The topological polar surface area (TPSA) is 0 Å². The van der Waals surface area contributed by atoms with Crippen molar-refractivity contribution >= 4 is 59.8 Å². The van der Waals surface area contributed by atoms with Crippen LogP contribution in [0.15, 0.2) is 0 Å². The van der Waals surface area contributed by atoms with Gasteiger partial charge < -0.3 is 0 Å². The van der Waals surface area contributed by atoms with Crippen molar-refractivity contribution in [2.24, 2.45) is 0 Å². The van der Waals surface area contributed by atoms with E-state index < -0.39 is 0 Å². The fourth-order valence-corrected chi connectivity index (χ4v) is 0. The van der Waals surface area contributed by atoms with Crippen LogP contribution < -0.4 is 0 Å². The average Bonchev–Trinajstić information content (AvgIpc) is 0.918. The second kappa shape index (κ2) is 30.6. The summed E-state index contributed by atoms with van der Waals surface area (Å²) in [7, 11) is 0. The molecule has 0 nitrogen and oxygen atoms in total. The van der Waals surface area contributed by atoms with Crippen molar-refractivity contribution in [3.8, 4) is 0 Å². The van der Waals surface area contributed by atoms with Gasteiger partial charge in [0, 0.05) is 0 Å². The minimum Gasteiger partial charge on any atom is -0.147 e. The zero-order chi connectivity index (χ0) is 2.71. The van der Waals surface area contributed by atoms with Gasteiger partial charge in [0.05, 0.1) is 0 Å². The fourth-order valence-electron chi connectivity index (χ4n) is 0. The molecular weight excluding hydrogens is 257 g/mol. The molecule has 0 aromatic rings. The normalized spacial score (nSPS) is 3.00. The van der Waals surface area contributed by atoms with Crippen molar-refractivity contribution in [1.29, 1.82) is 0 Å². The van der Waals surface area contributed by atoms with Gasteiger partial charge in [0.25, 0.3) is 0 Å². The first-order chi connectivity index (χ1) is 1.41. The summed E-state index contributed by atoms with van der Waals surface area (Å²) in [4.78, 5) is 0. The summed E-state index contributed by atoms with van der Waals surface area (Å²) < 4.78 is 1.22. The molecule has 4 heteroatoms. The number of hydrogen-bond donors (Lipinski definition) is 0. The quantitative estimate of drug-likeness (QED) is 0.467. The molecule has 0 unspecified atom stereocenters. The molecule has 0 amide bonds. The van der Waals surface area contributed by atoms with Crippen LogP contribution in [0.25, 0.3) is 0 Å². The van der Waals surface area contributed by atoms with E-state index in [0.29, 0.717) is 0 Å². The zero-order valence-electron chi connectivity index (χ0n) is 3.31. The molecule has 0 aromatic carbocycles. The van der Waals surface area contributed by atoms with Crippen molar-refractivity contribution < 1.29 is 0 Å². The highest BCUT2D eigenvalue weighted by Gasteiger charge is 1.38. The molecule has 0 spiro atoms. The van der Waals surface area contributed by atoms with Gasteiger partial charge in [-0.1, -0.05) is 29.5 Å². The molecule has 0 atom stereocenters. The molecule has 0 saturated heterocycles. The summed E-state index contributed by atoms with van der Waals surface area (Å²) in [5.74, 6) is 0. The SMILES string of the molecule is CCI.Cl.Cl.Cl. The molecule has 0 rings (SSSR count). The van der Waals surface area contributed by atoms with Crippen LogP contribution in [-0.4, -0.2) is 4.43 Å². The Bertz CT molecular complexity index is 8.75. The highest BCUT2D eigenvalue weighted by molar-refractivity contribution is 14.1. The third-order valence-corrected chi connectivity index (χ3v) is 0. The maximum Gasteiger partial charge on any atom is -0.00332 e. The van der Waals surface area contributed by atoms with Gasteiger partial charge in [-0.3, -0.25) is 0 Å². The van der Waals surface area contributed by atoms with Gasteiger partial charge in [-0.2, -0.15) is 0 Å². The maximum absolute atomic E-state index is 2.29. The predicted molar refractivity (Wildman–Crippen MR) is 46.3 cm³/mol. The third kappa shape index (κ3) is 46.3. The molecule has 0 aliphatic rings. The van der Waals surface area contributed by atoms with E-state index in [2.05, 4.69) is 29.5 Å². The molecule has 0 aromatic heterocycles. The summed E-state index contributed by atoms with van der Waals surface area (Å²) >= 11 is 2.29. The van der Waals surface area contributed by atoms with Crippen molar-refractivity contribution in [2.45, 2.75) is 6.92 Å². The monoisotopic (exact) mass is 264 g/mol. The second-order valence-electron chi connectivity index (χ2n) is 0.267.